The minimum Gasteiger partial charge on any atom is -0.480 e. The fourth-order valence-electron chi connectivity index (χ4n) is 2.45. The third-order valence-corrected chi connectivity index (χ3v) is 3.70. The molecule has 1 aromatic rings. The number of nitrogens with zero attached hydrogens (tertiary/aromatic N) is 3. The Morgan fingerprint density at radius 3 is 2.81 bits per heavy atom. The Balaban J connectivity index is 2.42. The number of aliphatic carboxylic acids is 1. The average Bonchev–Trinajstić information content (AvgIpc) is 2.79. The van der Waals surface area contributed by atoms with Crippen molar-refractivity contribution in [2.24, 2.45) is 5.92 Å². The van der Waals surface area contributed by atoms with Gasteiger partial charge < -0.3 is 10.0 Å². The molecule has 9 heteroatoms. The number of likely N-dealkylation sites (tertiary alicyclic amines) is 1. The standard InChI is InChI=1S/C12H12ClN3O5/c1-6-2-3-15(10(6)12(18)19)11(17)7-4-9(13)14-5-8(7)16(20)21/h4-6,10H,2-3H2,1H3,(H,18,19). The number of carboxylic acid groups (broad SMARTS) is 1. The van der Waals surface area contributed by atoms with Gasteiger partial charge in [0.05, 0.1) is 4.92 Å². The summed E-state index contributed by atoms with van der Waals surface area (Å²) in [6, 6.07) is 0.0910. The van der Waals surface area contributed by atoms with Crippen LogP contribution in [0.3, 0.4) is 0 Å². The second kappa shape index (κ2) is 5.65. The Labute approximate surface area is 124 Å². The molecule has 0 bridgehead atoms. The van der Waals surface area contributed by atoms with Crippen LogP contribution in [0.2, 0.25) is 5.15 Å². The molecule has 1 N–H and O–H groups in total. The van der Waals surface area contributed by atoms with Gasteiger partial charge in [0.25, 0.3) is 11.6 Å². The first-order valence-corrected chi connectivity index (χ1v) is 6.54. The molecular formula is C12H12ClN3O5. The number of nitro groups is 1. The van der Waals surface area contributed by atoms with E-state index in [-0.39, 0.29) is 23.2 Å². The fraction of sp³-hybridized carbons (Fsp3) is 0.417. The highest BCUT2D eigenvalue weighted by Gasteiger charge is 2.41. The van der Waals surface area contributed by atoms with Crippen LogP contribution in [0.25, 0.3) is 0 Å². The van der Waals surface area contributed by atoms with E-state index in [1.807, 2.05) is 0 Å². The summed E-state index contributed by atoms with van der Waals surface area (Å²) in [5, 5.41) is 20.1. The van der Waals surface area contributed by atoms with E-state index in [1.54, 1.807) is 6.92 Å². The highest BCUT2D eigenvalue weighted by Crippen LogP contribution is 2.29. The topological polar surface area (TPSA) is 114 Å². The molecule has 0 radical (unpaired) electrons. The van der Waals surface area contributed by atoms with Crippen molar-refractivity contribution < 1.29 is 19.6 Å². The molecule has 0 aliphatic carbocycles. The van der Waals surface area contributed by atoms with Crippen molar-refractivity contribution in [1.29, 1.82) is 0 Å². The summed E-state index contributed by atoms with van der Waals surface area (Å²) in [7, 11) is 0. The minimum atomic E-state index is -1.13. The van der Waals surface area contributed by atoms with Gasteiger partial charge in [-0.25, -0.2) is 9.78 Å². The summed E-state index contributed by atoms with van der Waals surface area (Å²) >= 11 is 5.68. The van der Waals surface area contributed by atoms with E-state index in [0.29, 0.717) is 6.42 Å². The second-order valence-electron chi connectivity index (χ2n) is 4.83. The van der Waals surface area contributed by atoms with E-state index in [2.05, 4.69) is 4.98 Å². The lowest BCUT2D eigenvalue weighted by atomic mass is 10.0. The highest BCUT2D eigenvalue weighted by atomic mass is 35.5. The summed E-state index contributed by atoms with van der Waals surface area (Å²) in [4.78, 5) is 38.7. The third-order valence-electron chi connectivity index (χ3n) is 3.49. The molecule has 2 atom stereocenters. The quantitative estimate of drug-likeness (QED) is 0.515. The average molecular weight is 314 g/mol. The molecule has 1 aromatic heterocycles. The van der Waals surface area contributed by atoms with Crippen LogP contribution < -0.4 is 0 Å². The third kappa shape index (κ3) is 2.80. The number of carbonyl (C=O) groups is 2. The molecule has 112 valence electrons. The molecule has 21 heavy (non-hydrogen) atoms. The lowest BCUT2D eigenvalue weighted by Crippen LogP contribution is -2.43. The largest absolute Gasteiger partial charge is 0.480 e. The fourth-order valence-corrected chi connectivity index (χ4v) is 2.60. The van der Waals surface area contributed by atoms with E-state index in [0.717, 1.165) is 17.2 Å². The Kier molecular flexibility index (Phi) is 4.08. The maximum absolute atomic E-state index is 12.5. The summed E-state index contributed by atoms with van der Waals surface area (Å²) in [5.41, 5.74) is -0.742. The highest BCUT2D eigenvalue weighted by molar-refractivity contribution is 6.29. The van der Waals surface area contributed by atoms with Crippen LogP contribution in [0.15, 0.2) is 12.3 Å². The summed E-state index contributed by atoms with van der Waals surface area (Å²) in [5.74, 6) is -2.07. The zero-order valence-electron chi connectivity index (χ0n) is 11.0. The summed E-state index contributed by atoms with van der Waals surface area (Å²) < 4.78 is 0. The smallest absolute Gasteiger partial charge is 0.326 e. The molecule has 1 aliphatic heterocycles. The minimum absolute atomic E-state index is 0.0666. The monoisotopic (exact) mass is 313 g/mol. The molecule has 0 aromatic carbocycles. The molecule has 1 fully saturated rings. The van der Waals surface area contributed by atoms with Crippen molar-refractivity contribution in [3.05, 3.63) is 33.1 Å². The predicted octanol–water partition coefficient (Wildman–Crippen LogP) is 1.58. The number of carboxylic acids is 1. The number of halogens is 1. The first kappa shape index (κ1) is 15.2. The van der Waals surface area contributed by atoms with Crippen molar-refractivity contribution in [2.45, 2.75) is 19.4 Å². The van der Waals surface area contributed by atoms with Gasteiger partial charge in [-0.05, 0) is 18.4 Å². The number of hydrogen-bond acceptors (Lipinski definition) is 5. The van der Waals surface area contributed by atoms with Crippen LogP contribution in [0.4, 0.5) is 5.69 Å². The van der Waals surface area contributed by atoms with E-state index in [1.165, 1.54) is 0 Å². The van der Waals surface area contributed by atoms with Gasteiger partial charge in [-0.15, -0.1) is 0 Å². The Morgan fingerprint density at radius 1 is 1.57 bits per heavy atom. The van der Waals surface area contributed by atoms with Gasteiger partial charge in [0.15, 0.2) is 0 Å². The molecule has 8 nitrogen and oxygen atoms in total. The second-order valence-corrected chi connectivity index (χ2v) is 5.22. The first-order chi connectivity index (χ1) is 9.82. The van der Waals surface area contributed by atoms with E-state index >= 15 is 0 Å². The van der Waals surface area contributed by atoms with Gasteiger partial charge in [0, 0.05) is 6.54 Å². The van der Waals surface area contributed by atoms with Crippen molar-refractivity contribution in [2.75, 3.05) is 6.54 Å². The van der Waals surface area contributed by atoms with Crippen molar-refractivity contribution in [3.8, 4) is 0 Å². The molecule has 2 rings (SSSR count). The number of amides is 1. The lowest BCUT2D eigenvalue weighted by molar-refractivity contribution is -0.385. The number of pyridine rings is 1. The number of aromatic nitrogens is 1. The van der Waals surface area contributed by atoms with Gasteiger partial charge >= 0.3 is 5.97 Å². The summed E-state index contributed by atoms with van der Waals surface area (Å²) in [6.45, 7) is 1.95. The van der Waals surface area contributed by atoms with Crippen LogP contribution in [0, 0.1) is 16.0 Å². The van der Waals surface area contributed by atoms with Crippen LogP contribution >= 0.6 is 11.6 Å². The van der Waals surface area contributed by atoms with E-state index < -0.39 is 28.5 Å². The number of carbonyl (C=O) groups excluding carboxylic acids is 1. The molecule has 1 aliphatic rings. The van der Waals surface area contributed by atoms with Crippen LogP contribution in [0.5, 0.6) is 0 Å². The van der Waals surface area contributed by atoms with Crippen LogP contribution in [-0.4, -0.2) is 44.4 Å². The zero-order valence-corrected chi connectivity index (χ0v) is 11.8. The predicted molar refractivity (Wildman–Crippen MR) is 72.1 cm³/mol. The molecule has 0 saturated carbocycles. The maximum atomic E-state index is 12.5. The Bertz CT molecular complexity index is 621. The Morgan fingerprint density at radius 2 is 2.24 bits per heavy atom. The van der Waals surface area contributed by atoms with Gasteiger partial charge in [0.1, 0.15) is 23.0 Å². The summed E-state index contributed by atoms with van der Waals surface area (Å²) in [6.07, 6.45) is 1.42. The molecular weight excluding hydrogens is 302 g/mol. The van der Waals surface area contributed by atoms with Crippen molar-refractivity contribution >= 4 is 29.2 Å². The van der Waals surface area contributed by atoms with Crippen LogP contribution in [0.1, 0.15) is 23.7 Å². The van der Waals surface area contributed by atoms with Gasteiger partial charge in [-0.2, -0.15) is 0 Å². The molecule has 2 heterocycles. The van der Waals surface area contributed by atoms with Crippen molar-refractivity contribution in [1.82, 2.24) is 9.88 Å². The molecule has 2 unspecified atom stereocenters. The molecule has 1 saturated heterocycles. The van der Waals surface area contributed by atoms with Gasteiger partial charge in [-0.1, -0.05) is 18.5 Å². The van der Waals surface area contributed by atoms with E-state index in [4.69, 9.17) is 11.6 Å². The number of rotatable bonds is 3. The normalized spacial score (nSPS) is 21.3. The van der Waals surface area contributed by atoms with Crippen LogP contribution in [-0.2, 0) is 4.79 Å². The molecule has 1 amide bonds. The number of hydrogen-bond donors (Lipinski definition) is 1. The maximum Gasteiger partial charge on any atom is 0.326 e. The zero-order chi connectivity index (χ0) is 15.7. The van der Waals surface area contributed by atoms with Crippen molar-refractivity contribution in [3.63, 3.8) is 0 Å². The molecule has 0 spiro atoms. The van der Waals surface area contributed by atoms with Gasteiger partial charge in [0.2, 0.25) is 0 Å². The SMILES string of the molecule is CC1CCN(C(=O)c2cc(Cl)ncc2[N+](=O)[O-])C1C(=O)O. The van der Waals surface area contributed by atoms with Gasteiger partial charge in [-0.3, -0.25) is 14.9 Å². The first-order valence-electron chi connectivity index (χ1n) is 6.16. The lowest BCUT2D eigenvalue weighted by Gasteiger charge is -2.23. The van der Waals surface area contributed by atoms with E-state index in [9.17, 15) is 24.8 Å². The Hall–Kier alpha value is -2.22.